The zero-order valence-corrected chi connectivity index (χ0v) is 13.1. The molecule has 118 valence electrons. The van der Waals surface area contributed by atoms with Gasteiger partial charge in [0.2, 0.25) is 5.76 Å². The zero-order chi connectivity index (χ0) is 15.7. The lowest BCUT2D eigenvalue weighted by Crippen LogP contribution is -2.41. The van der Waals surface area contributed by atoms with Crippen LogP contribution in [-0.2, 0) is 17.7 Å². The third-order valence-electron chi connectivity index (χ3n) is 4.04. The smallest absolute Gasteiger partial charge is 0.293 e. The molecule has 0 fully saturated rings. The molecule has 2 aromatic rings. The fourth-order valence-electron chi connectivity index (χ4n) is 2.85. The molecule has 7 heteroatoms. The Morgan fingerprint density at radius 3 is 3.00 bits per heavy atom. The second kappa shape index (κ2) is 5.92. The van der Waals surface area contributed by atoms with Crippen molar-refractivity contribution in [2.24, 2.45) is 0 Å². The molecule has 3 rings (SSSR count). The van der Waals surface area contributed by atoms with Gasteiger partial charge in [-0.1, -0.05) is 5.16 Å². The lowest BCUT2D eigenvalue weighted by atomic mass is 10.2. The van der Waals surface area contributed by atoms with E-state index in [-0.39, 0.29) is 17.7 Å². The summed E-state index contributed by atoms with van der Waals surface area (Å²) in [5, 5.41) is 3.78. The molecule has 0 saturated carbocycles. The van der Waals surface area contributed by atoms with Crippen LogP contribution in [0.5, 0.6) is 0 Å². The quantitative estimate of drug-likeness (QED) is 0.857. The number of fused-ring (bicyclic) bond motifs is 1. The fraction of sp³-hybridized carbons (Fsp3) is 0.533. The lowest BCUT2D eigenvalue weighted by Gasteiger charge is -2.33. The maximum Gasteiger partial charge on any atom is 0.293 e. The highest BCUT2D eigenvalue weighted by Crippen LogP contribution is 2.27. The molecule has 22 heavy (non-hydrogen) atoms. The summed E-state index contributed by atoms with van der Waals surface area (Å²) in [6.07, 6.45) is 2.70. The van der Waals surface area contributed by atoms with Crippen LogP contribution >= 0.6 is 0 Å². The largest absolute Gasteiger partial charge is 0.384 e. The Balaban J connectivity index is 1.81. The number of hydrogen-bond donors (Lipinski definition) is 0. The zero-order valence-electron chi connectivity index (χ0n) is 13.1. The van der Waals surface area contributed by atoms with E-state index in [2.05, 4.69) is 14.7 Å². The van der Waals surface area contributed by atoms with Crippen LogP contribution < -0.4 is 0 Å². The molecular weight excluding hydrogens is 284 g/mol. The molecule has 0 spiro atoms. The lowest BCUT2D eigenvalue weighted by molar-refractivity contribution is 0.0593. The summed E-state index contributed by atoms with van der Waals surface area (Å²) in [5.41, 5.74) is 1.85. The molecule has 2 aromatic heterocycles. The average Bonchev–Trinajstić information content (AvgIpc) is 3.12. The van der Waals surface area contributed by atoms with Crippen molar-refractivity contribution in [3.05, 3.63) is 35.2 Å². The molecule has 0 aliphatic carbocycles. The standard InChI is InChI=1S/C15H20N4O3/c1-10-8-13(22-17-10)15(20)18-5-6-19-12(4-7-21-3)9-16-14(19)11(18)2/h8-9,11H,4-7H2,1-3H3/t11-/m0/s1. The molecule has 1 aliphatic rings. The van der Waals surface area contributed by atoms with Crippen molar-refractivity contribution in [3.63, 3.8) is 0 Å². The number of aromatic nitrogens is 3. The van der Waals surface area contributed by atoms with E-state index >= 15 is 0 Å². The van der Waals surface area contributed by atoms with Crippen LogP contribution in [0.2, 0.25) is 0 Å². The third kappa shape index (κ3) is 2.52. The van der Waals surface area contributed by atoms with Crippen LogP contribution in [0.3, 0.4) is 0 Å². The van der Waals surface area contributed by atoms with Crippen molar-refractivity contribution in [1.29, 1.82) is 0 Å². The van der Waals surface area contributed by atoms with Gasteiger partial charge in [0, 0.05) is 44.6 Å². The van der Waals surface area contributed by atoms with Crippen molar-refractivity contribution >= 4 is 5.91 Å². The van der Waals surface area contributed by atoms with Crippen LogP contribution in [0.25, 0.3) is 0 Å². The van der Waals surface area contributed by atoms with Crippen molar-refractivity contribution in [2.75, 3.05) is 20.3 Å². The third-order valence-corrected chi connectivity index (χ3v) is 4.04. The summed E-state index contributed by atoms with van der Waals surface area (Å²) in [4.78, 5) is 18.8. The molecule has 1 atom stereocenters. The van der Waals surface area contributed by atoms with E-state index < -0.39 is 0 Å². The molecule has 0 N–H and O–H groups in total. The minimum atomic E-state index is -0.138. The van der Waals surface area contributed by atoms with Crippen molar-refractivity contribution < 1.29 is 14.1 Å². The first-order valence-electron chi connectivity index (χ1n) is 7.39. The summed E-state index contributed by atoms with van der Waals surface area (Å²) in [6.45, 7) is 5.81. The van der Waals surface area contributed by atoms with Crippen LogP contribution in [0, 0.1) is 6.92 Å². The van der Waals surface area contributed by atoms with Gasteiger partial charge in [-0.2, -0.15) is 0 Å². The van der Waals surface area contributed by atoms with E-state index in [9.17, 15) is 4.79 Å². The summed E-state index contributed by atoms with van der Waals surface area (Å²) in [5.74, 6) is 1.05. The number of carbonyl (C=O) groups excluding carboxylic acids is 1. The summed E-state index contributed by atoms with van der Waals surface area (Å²) >= 11 is 0. The number of hydrogen-bond acceptors (Lipinski definition) is 5. The molecule has 7 nitrogen and oxygen atoms in total. The van der Waals surface area contributed by atoms with Crippen molar-refractivity contribution in [2.45, 2.75) is 32.9 Å². The van der Waals surface area contributed by atoms with Crippen molar-refractivity contribution in [1.82, 2.24) is 19.6 Å². The maximum atomic E-state index is 12.5. The Kier molecular flexibility index (Phi) is 3.98. The minimum absolute atomic E-state index is 0.0945. The highest BCUT2D eigenvalue weighted by Gasteiger charge is 2.32. The van der Waals surface area contributed by atoms with E-state index in [0.29, 0.717) is 18.8 Å². The van der Waals surface area contributed by atoms with E-state index in [0.717, 1.165) is 24.5 Å². The molecule has 0 unspecified atom stereocenters. The van der Waals surface area contributed by atoms with Crippen LogP contribution in [0.1, 0.15) is 40.7 Å². The van der Waals surface area contributed by atoms with Gasteiger partial charge in [-0.05, 0) is 13.8 Å². The van der Waals surface area contributed by atoms with Gasteiger partial charge in [0.15, 0.2) is 0 Å². The molecule has 0 saturated heterocycles. The number of ether oxygens (including phenoxy) is 1. The number of rotatable bonds is 4. The van der Waals surface area contributed by atoms with E-state index in [1.807, 2.05) is 13.1 Å². The number of nitrogens with zero attached hydrogens (tertiary/aromatic N) is 4. The van der Waals surface area contributed by atoms with Crippen molar-refractivity contribution in [3.8, 4) is 0 Å². The molecule has 3 heterocycles. The number of amides is 1. The van der Waals surface area contributed by atoms with Gasteiger partial charge in [0.1, 0.15) is 5.82 Å². The van der Waals surface area contributed by atoms with Crippen LogP contribution in [0.15, 0.2) is 16.8 Å². The first kappa shape index (κ1) is 14.8. The number of methoxy groups -OCH3 is 1. The summed E-state index contributed by atoms with van der Waals surface area (Å²) < 4.78 is 12.4. The second-order valence-corrected chi connectivity index (χ2v) is 5.51. The van der Waals surface area contributed by atoms with Gasteiger partial charge in [0.25, 0.3) is 5.91 Å². The normalized spacial score (nSPS) is 17.6. The minimum Gasteiger partial charge on any atom is -0.384 e. The van der Waals surface area contributed by atoms with Gasteiger partial charge in [0.05, 0.1) is 18.3 Å². The van der Waals surface area contributed by atoms with Gasteiger partial charge in [-0.15, -0.1) is 0 Å². The van der Waals surface area contributed by atoms with Gasteiger partial charge < -0.3 is 18.7 Å². The Morgan fingerprint density at radius 2 is 2.32 bits per heavy atom. The summed E-state index contributed by atoms with van der Waals surface area (Å²) in [7, 11) is 1.69. The fourth-order valence-corrected chi connectivity index (χ4v) is 2.85. The van der Waals surface area contributed by atoms with Gasteiger partial charge in [-0.3, -0.25) is 4.79 Å². The number of aryl methyl sites for hydroxylation is 1. The number of carbonyl (C=O) groups is 1. The van der Waals surface area contributed by atoms with Gasteiger partial charge >= 0.3 is 0 Å². The molecule has 1 aliphatic heterocycles. The van der Waals surface area contributed by atoms with Gasteiger partial charge in [-0.25, -0.2) is 4.98 Å². The summed E-state index contributed by atoms with van der Waals surface area (Å²) in [6, 6.07) is 1.57. The van der Waals surface area contributed by atoms with Crippen LogP contribution in [-0.4, -0.2) is 45.8 Å². The number of imidazole rings is 1. The van der Waals surface area contributed by atoms with E-state index in [1.165, 1.54) is 0 Å². The molecule has 0 aromatic carbocycles. The highest BCUT2D eigenvalue weighted by molar-refractivity contribution is 5.91. The highest BCUT2D eigenvalue weighted by atomic mass is 16.5. The Hall–Kier alpha value is -2.15. The Bertz CT molecular complexity index is 676. The molecular formula is C15H20N4O3. The monoisotopic (exact) mass is 304 g/mol. The topological polar surface area (TPSA) is 73.4 Å². The Labute approximate surface area is 128 Å². The predicted octanol–water partition coefficient (Wildman–Crippen LogP) is 1.59. The van der Waals surface area contributed by atoms with Crippen LogP contribution in [0.4, 0.5) is 0 Å². The first-order chi connectivity index (χ1) is 10.6. The molecule has 0 bridgehead atoms. The van der Waals surface area contributed by atoms with E-state index in [1.54, 1.807) is 25.0 Å². The molecule has 0 radical (unpaired) electrons. The average molecular weight is 304 g/mol. The second-order valence-electron chi connectivity index (χ2n) is 5.51. The maximum absolute atomic E-state index is 12.5. The molecule has 1 amide bonds. The predicted molar refractivity (Wildman–Crippen MR) is 78.5 cm³/mol. The Morgan fingerprint density at radius 1 is 1.50 bits per heavy atom. The van der Waals surface area contributed by atoms with E-state index in [4.69, 9.17) is 9.26 Å². The SMILES string of the molecule is COCCc1cnc2n1CCN(C(=O)c1cc(C)no1)[C@H]2C. The first-order valence-corrected chi connectivity index (χ1v) is 7.39.